The van der Waals surface area contributed by atoms with Crippen LogP contribution in [0.25, 0.3) is 0 Å². The molecule has 0 aromatic heterocycles. The lowest BCUT2D eigenvalue weighted by Crippen LogP contribution is -2.33. The van der Waals surface area contributed by atoms with Crippen molar-refractivity contribution in [1.29, 1.82) is 0 Å². The van der Waals surface area contributed by atoms with E-state index in [9.17, 15) is 4.39 Å². The van der Waals surface area contributed by atoms with Crippen molar-refractivity contribution < 1.29 is 4.39 Å². The van der Waals surface area contributed by atoms with Crippen molar-refractivity contribution >= 4 is 5.69 Å². The lowest BCUT2D eigenvalue weighted by atomic mass is 10.1. The first kappa shape index (κ1) is 13.3. The minimum absolute atomic E-state index is 0.147. The van der Waals surface area contributed by atoms with Gasteiger partial charge in [-0.25, -0.2) is 4.39 Å². The Morgan fingerprint density at radius 2 is 2.17 bits per heavy atom. The van der Waals surface area contributed by atoms with E-state index in [0.717, 1.165) is 18.7 Å². The highest BCUT2D eigenvalue weighted by atomic mass is 19.1. The van der Waals surface area contributed by atoms with Gasteiger partial charge in [-0.2, -0.15) is 0 Å². The first-order valence-electron chi connectivity index (χ1n) is 6.92. The van der Waals surface area contributed by atoms with E-state index in [0.29, 0.717) is 6.04 Å². The number of nitrogens with one attached hydrogen (secondary N) is 1. The van der Waals surface area contributed by atoms with Gasteiger partial charge in [-0.1, -0.05) is 12.8 Å². The van der Waals surface area contributed by atoms with Crippen LogP contribution in [0.1, 0.15) is 38.2 Å². The van der Waals surface area contributed by atoms with Gasteiger partial charge in [0.1, 0.15) is 5.82 Å². The molecule has 1 unspecified atom stereocenters. The monoisotopic (exact) mass is 250 g/mol. The Kier molecular flexibility index (Phi) is 4.59. The fourth-order valence-electron chi connectivity index (χ4n) is 2.80. The van der Waals surface area contributed by atoms with Gasteiger partial charge in [0.15, 0.2) is 0 Å². The first-order chi connectivity index (χ1) is 8.72. The highest BCUT2D eigenvalue weighted by Crippen LogP contribution is 2.28. The third-order valence-corrected chi connectivity index (χ3v) is 3.77. The van der Waals surface area contributed by atoms with Crippen molar-refractivity contribution in [3.8, 4) is 0 Å². The third kappa shape index (κ3) is 3.02. The average molecular weight is 250 g/mol. The molecule has 18 heavy (non-hydrogen) atoms. The Morgan fingerprint density at radius 1 is 1.33 bits per heavy atom. The molecule has 0 radical (unpaired) electrons. The molecule has 100 valence electrons. The summed E-state index contributed by atoms with van der Waals surface area (Å²) in [6.07, 6.45) is 5.08. The molecule has 1 N–H and O–H groups in total. The Bertz CT molecular complexity index is 392. The van der Waals surface area contributed by atoms with E-state index < -0.39 is 0 Å². The minimum atomic E-state index is -0.147. The molecule has 1 saturated heterocycles. The summed E-state index contributed by atoms with van der Waals surface area (Å²) in [5.74, 6) is -0.147. The van der Waals surface area contributed by atoms with Gasteiger partial charge in [0.05, 0.1) is 0 Å². The van der Waals surface area contributed by atoms with Crippen molar-refractivity contribution in [1.82, 2.24) is 5.32 Å². The smallest absolute Gasteiger partial charge is 0.123 e. The highest BCUT2D eigenvalue weighted by molar-refractivity contribution is 5.54. The normalized spacial score (nSPS) is 20.8. The van der Waals surface area contributed by atoms with Crippen molar-refractivity contribution in [3.63, 3.8) is 0 Å². The molecule has 1 aliphatic heterocycles. The van der Waals surface area contributed by atoms with E-state index in [2.05, 4.69) is 17.1 Å². The summed E-state index contributed by atoms with van der Waals surface area (Å²) < 4.78 is 13.4. The average Bonchev–Trinajstić information content (AvgIpc) is 2.55. The van der Waals surface area contributed by atoms with Gasteiger partial charge in [0.2, 0.25) is 0 Å². The summed E-state index contributed by atoms with van der Waals surface area (Å²) in [4.78, 5) is 2.44. The van der Waals surface area contributed by atoms with Crippen LogP contribution in [-0.4, -0.2) is 19.6 Å². The molecule has 2 nitrogen and oxygen atoms in total. The molecule has 1 aromatic rings. The molecule has 0 bridgehead atoms. The first-order valence-corrected chi connectivity index (χ1v) is 6.92. The topological polar surface area (TPSA) is 15.3 Å². The van der Waals surface area contributed by atoms with Crippen molar-refractivity contribution in [3.05, 3.63) is 29.6 Å². The van der Waals surface area contributed by atoms with Crippen molar-refractivity contribution in [2.24, 2.45) is 0 Å². The second-order valence-corrected chi connectivity index (χ2v) is 5.20. The predicted octanol–water partition coefficient (Wildman–Crippen LogP) is 3.31. The highest BCUT2D eigenvalue weighted by Gasteiger charge is 2.19. The summed E-state index contributed by atoms with van der Waals surface area (Å²) in [6, 6.07) is 5.72. The zero-order valence-corrected chi connectivity index (χ0v) is 11.4. The van der Waals surface area contributed by atoms with Crippen LogP contribution in [-0.2, 0) is 6.54 Å². The van der Waals surface area contributed by atoms with Crippen molar-refractivity contribution in [2.45, 2.75) is 45.2 Å². The Morgan fingerprint density at radius 3 is 2.94 bits per heavy atom. The van der Waals surface area contributed by atoms with E-state index in [1.165, 1.54) is 31.4 Å². The quantitative estimate of drug-likeness (QED) is 0.885. The SMILES string of the molecule is CNCc1cc(F)ccc1N1CCCCCC1C. The van der Waals surface area contributed by atoms with Crippen LogP contribution in [0.15, 0.2) is 18.2 Å². The summed E-state index contributed by atoms with van der Waals surface area (Å²) in [5.41, 5.74) is 2.26. The molecule has 1 atom stereocenters. The lowest BCUT2D eigenvalue weighted by molar-refractivity contribution is 0.605. The van der Waals surface area contributed by atoms with Gasteiger partial charge in [-0.3, -0.25) is 0 Å². The fraction of sp³-hybridized carbons (Fsp3) is 0.600. The van der Waals surface area contributed by atoms with E-state index in [4.69, 9.17) is 0 Å². The number of halogens is 1. The largest absolute Gasteiger partial charge is 0.369 e. The van der Waals surface area contributed by atoms with E-state index in [1.807, 2.05) is 13.1 Å². The van der Waals surface area contributed by atoms with E-state index >= 15 is 0 Å². The van der Waals surface area contributed by atoms with Crippen molar-refractivity contribution in [2.75, 3.05) is 18.5 Å². The molecule has 1 aromatic carbocycles. The Labute approximate surface area is 109 Å². The van der Waals surface area contributed by atoms with Gasteiger partial charge in [0.25, 0.3) is 0 Å². The lowest BCUT2D eigenvalue weighted by Gasteiger charge is -2.31. The molecule has 1 aliphatic rings. The molecular weight excluding hydrogens is 227 g/mol. The maximum Gasteiger partial charge on any atom is 0.123 e. The standard InChI is InChI=1S/C15H23FN2/c1-12-6-4-3-5-9-18(12)15-8-7-14(16)10-13(15)11-17-2/h7-8,10,12,17H,3-6,9,11H2,1-2H3. The van der Waals surface area contributed by atoms with Crippen LogP contribution < -0.4 is 10.2 Å². The molecule has 0 saturated carbocycles. The molecule has 3 heteroatoms. The van der Waals surface area contributed by atoms with Crippen LogP contribution in [0.3, 0.4) is 0 Å². The summed E-state index contributed by atoms with van der Waals surface area (Å²) in [7, 11) is 1.90. The molecule has 1 heterocycles. The summed E-state index contributed by atoms with van der Waals surface area (Å²) in [6.45, 7) is 4.08. The molecular formula is C15H23FN2. The predicted molar refractivity (Wildman–Crippen MR) is 74.4 cm³/mol. The number of hydrogen-bond acceptors (Lipinski definition) is 2. The van der Waals surface area contributed by atoms with Gasteiger partial charge < -0.3 is 10.2 Å². The molecule has 1 fully saturated rings. The molecule has 0 amide bonds. The van der Waals surface area contributed by atoms with Gasteiger partial charge >= 0.3 is 0 Å². The zero-order chi connectivity index (χ0) is 13.0. The number of benzene rings is 1. The minimum Gasteiger partial charge on any atom is -0.369 e. The number of anilines is 1. The molecule has 0 aliphatic carbocycles. The van der Waals surface area contributed by atoms with Gasteiger partial charge in [-0.05, 0) is 50.6 Å². The maximum atomic E-state index is 13.4. The van der Waals surface area contributed by atoms with Crippen LogP contribution in [0, 0.1) is 5.82 Å². The third-order valence-electron chi connectivity index (χ3n) is 3.77. The summed E-state index contributed by atoms with van der Waals surface area (Å²) >= 11 is 0. The Balaban J connectivity index is 2.29. The maximum absolute atomic E-state index is 13.4. The second-order valence-electron chi connectivity index (χ2n) is 5.20. The zero-order valence-electron chi connectivity index (χ0n) is 11.4. The van der Waals surface area contributed by atoms with E-state index in [-0.39, 0.29) is 5.82 Å². The van der Waals surface area contributed by atoms with Gasteiger partial charge in [0, 0.05) is 24.8 Å². The van der Waals surface area contributed by atoms with E-state index in [1.54, 1.807) is 12.1 Å². The number of hydrogen-bond donors (Lipinski definition) is 1. The second kappa shape index (κ2) is 6.19. The molecule has 0 spiro atoms. The van der Waals surface area contributed by atoms with Crippen LogP contribution in [0.4, 0.5) is 10.1 Å². The number of rotatable bonds is 3. The van der Waals surface area contributed by atoms with Crippen LogP contribution in [0.5, 0.6) is 0 Å². The number of nitrogens with zero attached hydrogens (tertiary/aromatic N) is 1. The van der Waals surface area contributed by atoms with Crippen LogP contribution in [0.2, 0.25) is 0 Å². The van der Waals surface area contributed by atoms with Crippen LogP contribution >= 0.6 is 0 Å². The Hall–Kier alpha value is -1.09. The van der Waals surface area contributed by atoms with Gasteiger partial charge in [-0.15, -0.1) is 0 Å². The fourth-order valence-corrected chi connectivity index (χ4v) is 2.80. The molecule has 2 rings (SSSR count). The summed E-state index contributed by atoms with van der Waals surface area (Å²) in [5, 5.41) is 3.13.